The maximum Gasteiger partial charge on any atom is 0.224 e. The molecule has 0 spiro atoms. The van der Waals surface area contributed by atoms with E-state index in [1.807, 2.05) is 24.3 Å². The minimum absolute atomic E-state index is 0. The molecule has 1 saturated carbocycles. The minimum Gasteiger partial charge on any atom is -0.353 e. The van der Waals surface area contributed by atoms with Gasteiger partial charge in [-0.05, 0) is 37.8 Å². The van der Waals surface area contributed by atoms with E-state index in [0.717, 1.165) is 18.4 Å². The predicted octanol–water partition coefficient (Wildman–Crippen LogP) is 2.59. The summed E-state index contributed by atoms with van der Waals surface area (Å²) in [5.74, 6) is 0.574. The summed E-state index contributed by atoms with van der Waals surface area (Å²) < 4.78 is 0. The van der Waals surface area contributed by atoms with Crippen LogP contribution in [0.2, 0.25) is 0 Å². The van der Waals surface area contributed by atoms with Gasteiger partial charge < -0.3 is 11.1 Å². The normalized spacial score (nSPS) is 21.9. The first kappa shape index (κ1) is 17.0. The maximum absolute atomic E-state index is 12.1. The molecule has 2 atom stereocenters. The van der Waals surface area contributed by atoms with Crippen LogP contribution in [-0.2, 0) is 11.2 Å². The van der Waals surface area contributed by atoms with Crippen molar-refractivity contribution in [2.24, 2.45) is 11.7 Å². The van der Waals surface area contributed by atoms with Crippen LogP contribution < -0.4 is 11.1 Å². The zero-order valence-corrected chi connectivity index (χ0v) is 12.9. The topological polar surface area (TPSA) is 55.1 Å². The average molecular weight is 297 g/mol. The number of benzene rings is 1. The van der Waals surface area contributed by atoms with Gasteiger partial charge in [0.05, 0.1) is 6.42 Å². The molecule has 1 amide bonds. The summed E-state index contributed by atoms with van der Waals surface area (Å²) in [4.78, 5) is 12.1. The summed E-state index contributed by atoms with van der Waals surface area (Å²) in [6, 6.07) is 8.42. The van der Waals surface area contributed by atoms with Gasteiger partial charge in [0.25, 0.3) is 0 Å². The second kappa shape index (κ2) is 8.28. The van der Waals surface area contributed by atoms with E-state index in [1.165, 1.54) is 18.4 Å². The van der Waals surface area contributed by atoms with Crippen LogP contribution in [0.1, 0.15) is 36.8 Å². The summed E-state index contributed by atoms with van der Waals surface area (Å²) >= 11 is 0. The fraction of sp³-hybridized carbons (Fsp3) is 0.562. The number of hydrogen-bond acceptors (Lipinski definition) is 2. The molecule has 1 fully saturated rings. The molecule has 0 saturated heterocycles. The maximum atomic E-state index is 12.1. The lowest BCUT2D eigenvalue weighted by Gasteiger charge is -2.31. The molecule has 3 N–H and O–H groups in total. The Labute approximate surface area is 127 Å². The van der Waals surface area contributed by atoms with Crippen LogP contribution in [0.15, 0.2) is 24.3 Å². The third-order valence-electron chi connectivity index (χ3n) is 4.04. The number of carbonyl (C=O) groups is 1. The highest BCUT2D eigenvalue weighted by molar-refractivity contribution is 5.85. The quantitative estimate of drug-likeness (QED) is 0.897. The smallest absolute Gasteiger partial charge is 0.224 e. The Balaban J connectivity index is 0.00000200. The molecule has 0 aromatic heterocycles. The molecule has 20 heavy (non-hydrogen) atoms. The number of rotatable bonds is 4. The van der Waals surface area contributed by atoms with Crippen LogP contribution in [0.25, 0.3) is 0 Å². The van der Waals surface area contributed by atoms with Crippen LogP contribution >= 0.6 is 12.4 Å². The van der Waals surface area contributed by atoms with Gasteiger partial charge in [-0.15, -0.1) is 12.4 Å². The molecule has 0 bridgehead atoms. The number of carbonyl (C=O) groups excluding carboxylic acids is 1. The monoisotopic (exact) mass is 296 g/mol. The minimum atomic E-state index is 0. The molecule has 1 aromatic carbocycles. The fourth-order valence-electron chi connectivity index (χ4n) is 2.83. The lowest BCUT2D eigenvalue weighted by atomic mass is 9.84. The first-order valence-corrected chi connectivity index (χ1v) is 7.24. The number of nitrogens with one attached hydrogen (secondary N) is 1. The molecule has 0 aliphatic heterocycles. The van der Waals surface area contributed by atoms with Crippen molar-refractivity contribution < 1.29 is 4.79 Å². The zero-order chi connectivity index (χ0) is 13.7. The van der Waals surface area contributed by atoms with Crippen molar-refractivity contribution in [1.29, 1.82) is 0 Å². The van der Waals surface area contributed by atoms with Crippen molar-refractivity contribution >= 4 is 18.3 Å². The third-order valence-corrected chi connectivity index (χ3v) is 4.04. The molecule has 1 aromatic rings. The SMILES string of the molecule is Cc1ccc(CC(=O)NC2CCCCC2CN)cc1.Cl. The summed E-state index contributed by atoms with van der Waals surface area (Å²) in [5, 5.41) is 3.16. The van der Waals surface area contributed by atoms with Gasteiger partial charge >= 0.3 is 0 Å². The molecule has 1 aliphatic carbocycles. The Morgan fingerprint density at radius 3 is 2.55 bits per heavy atom. The Hall–Kier alpha value is -1.06. The molecule has 1 aliphatic rings. The molecule has 2 rings (SSSR count). The number of hydrogen-bond donors (Lipinski definition) is 2. The van der Waals surface area contributed by atoms with Gasteiger partial charge in [0.1, 0.15) is 0 Å². The summed E-state index contributed by atoms with van der Waals surface area (Å²) in [5.41, 5.74) is 8.08. The standard InChI is InChI=1S/C16H24N2O.ClH/c1-12-6-8-13(9-7-12)10-16(19)18-15-5-3-2-4-14(15)11-17;/h6-9,14-15H,2-5,10-11,17H2,1H3,(H,18,19);1H. The second-order valence-electron chi connectivity index (χ2n) is 5.62. The van der Waals surface area contributed by atoms with Crippen molar-refractivity contribution in [2.45, 2.75) is 45.1 Å². The highest BCUT2D eigenvalue weighted by Crippen LogP contribution is 2.23. The molecular formula is C16H25ClN2O. The Morgan fingerprint density at radius 2 is 1.90 bits per heavy atom. The Kier molecular flexibility index (Phi) is 7.03. The fourth-order valence-corrected chi connectivity index (χ4v) is 2.83. The van der Waals surface area contributed by atoms with Gasteiger partial charge in [-0.1, -0.05) is 42.7 Å². The predicted molar refractivity (Wildman–Crippen MR) is 85.1 cm³/mol. The number of halogens is 1. The van der Waals surface area contributed by atoms with E-state index >= 15 is 0 Å². The van der Waals surface area contributed by atoms with E-state index in [1.54, 1.807) is 0 Å². The van der Waals surface area contributed by atoms with Gasteiger partial charge in [0, 0.05) is 6.04 Å². The van der Waals surface area contributed by atoms with Crippen molar-refractivity contribution in [3.8, 4) is 0 Å². The van der Waals surface area contributed by atoms with Crippen LogP contribution in [0, 0.1) is 12.8 Å². The molecule has 0 heterocycles. The van der Waals surface area contributed by atoms with Gasteiger partial charge in [-0.3, -0.25) is 4.79 Å². The lowest BCUT2D eigenvalue weighted by molar-refractivity contribution is -0.121. The highest BCUT2D eigenvalue weighted by atomic mass is 35.5. The Bertz CT molecular complexity index is 419. The lowest BCUT2D eigenvalue weighted by Crippen LogP contribution is -2.45. The van der Waals surface area contributed by atoms with E-state index in [0.29, 0.717) is 18.9 Å². The summed E-state index contributed by atoms with van der Waals surface area (Å²) in [6.07, 6.45) is 5.12. The van der Waals surface area contributed by atoms with Crippen molar-refractivity contribution in [1.82, 2.24) is 5.32 Å². The average Bonchev–Trinajstić information content (AvgIpc) is 2.42. The van der Waals surface area contributed by atoms with Crippen molar-refractivity contribution in [3.63, 3.8) is 0 Å². The summed E-state index contributed by atoms with van der Waals surface area (Å²) in [6.45, 7) is 2.73. The molecular weight excluding hydrogens is 272 g/mol. The third kappa shape index (κ3) is 4.80. The van der Waals surface area contributed by atoms with Gasteiger partial charge in [0.2, 0.25) is 5.91 Å². The van der Waals surface area contributed by atoms with E-state index in [4.69, 9.17) is 5.73 Å². The molecule has 112 valence electrons. The zero-order valence-electron chi connectivity index (χ0n) is 12.1. The molecule has 2 unspecified atom stereocenters. The highest BCUT2D eigenvalue weighted by Gasteiger charge is 2.25. The van der Waals surface area contributed by atoms with Crippen LogP contribution in [0.4, 0.5) is 0 Å². The second-order valence-corrected chi connectivity index (χ2v) is 5.62. The van der Waals surface area contributed by atoms with Crippen LogP contribution in [0.3, 0.4) is 0 Å². The largest absolute Gasteiger partial charge is 0.353 e. The van der Waals surface area contributed by atoms with Gasteiger partial charge in [-0.2, -0.15) is 0 Å². The van der Waals surface area contributed by atoms with E-state index < -0.39 is 0 Å². The number of nitrogens with two attached hydrogens (primary N) is 1. The Morgan fingerprint density at radius 1 is 1.25 bits per heavy atom. The van der Waals surface area contributed by atoms with Crippen molar-refractivity contribution in [2.75, 3.05) is 6.54 Å². The first-order chi connectivity index (χ1) is 9.19. The van der Waals surface area contributed by atoms with Crippen molar-refractivity contribution in [3.05, 3.63) is 35.4 Å². The van der Waals surface area contributed by atoms with Crippen LogP contribution in [0.5, 0.6) is 0 Å². The van der Waals surface area contributed by atoms with Gasteiger partial charge in [0.15, 0.2) is 0 Å². The summed E-state index contributed by atoms with van der Waals surface area (Å²) in [7, 11) is 0. The number of aryl methyl sites for hydroxylation is 1. The van der Waals surface area contributed by atoms with Crippen LogP contribution in [-0.4, -0.2) is 18.5 Å². The van der Waals surface area contributed by atoms with Gasteiger partial charge in [-0.25, -0.2) is 0 Å². The number of amides is 1. The molecule has 4 heteroatoms. The van der Waals surface area contributed by atoms with E-state index in [2.05, 4.69) is 12.2 Å². The van der Waals surface area contributed by atoms with E-state index in [9.17, 15) is 4.79 Å². The first-order valence-electron chi connectivity index (χ1n) is 7.24. The molecule has 3 nitrogen and oxygen atoms in total. The molecule has 0 radical (unpaired) electrons. The van der Waals surface area contributed by atoms with E-state index in [-0.39, 0.29) is 24.4 Å².